The summed E-state index contributed by atoms with van der Waals surface area (Å²) >= 11 is 3.51. The first-order chi connectivity index (χ1) is 9.99. The molecule has 0 saturated carbocycles. The molecule has 1 amide bonds. The Morgan fingerprint density at radius 2 is 2.24 bits per heavy atom. The van der Waals surface area contributed by atoms with Gasteiger partial charge in [-0.05, 0) is 80.7 Å². The van der Waals surface area contributed by atoms with Crippen LogP contribution in [0.5, 0.6) is 0 Å². The Bertz CT molecular complexity index is 496. The standard InChI is InChI=1S/C17H25BrN2O/c1-12(2)20(11-14-5-4-8-19-10-14)17(21)15-9-13(3)6-7-16(15)18/h6-7,9,12,14,19H,4-5,8,10-11H2,1-3H3. The summed E-state index contributed by atoms with van der Waals surface area (Å²) in [5.74, 6) is 0.694. The highest BCUT2D eigenvalue weighted by Gasteiger charge is 2.25. The first kappa shape index (κ1) is 16.5. The van der Waals surface area contributed by atoms with E-state index in [1.807, 2.05) is 30.0 Å². The lowest BCUT2D eigenvalue weighted by atomic mass is 9.98. The van der Waals surface area contributed by atoms with Crippen LogP contribution in [-0.2, 0) is 0 Å². The van der Waals surface area contributed by atoms with Crippen molar-refractivity contribution in [3.05, 3.63) is 33.8 Å². The number of halogens is 1. The fourth-order valence-corrected chi connectivity index (χ4v) is 3.26. The second kappa shape index (κ2) is 7.41. The maximum absolute atomic E-state index is 12.9. The molecule has 0 aliphatic carbocycles. The fourth-order valence-electron chi connectivity index (χ4n) is 2.84. The summed E-state index contributed by atoms with van der Waals surface area (Å²) in [7, 11) is 0. The van der Waals surface area contributed by atoms with Crippen molar-refractivity contribution >= 4 is 21.8 Å². The minimum absolute atomic E-state index is 0.131. The molecule has 1 atom stereocenters. The molecule has 1 unspecified atom stereocenters. The van der Waals surface area contributed by atoms with Crippen LogP contribution in [0.2, 0.25) is 0 Å². The normalized spacial score (nSPS) is 18.8. The van der Waals surface area contributed by atoms with Crippen LogP contribution in [-0.4, -0.2) is 36.5 Å². The molecular formula is C17H25BrN2O. The number of hydrogen-bond acceptors (Lipinski definition) is 2. The van der Waals surface area contributed by atoms with Crippen molar-refractivity contribution in [1.29, 1.82) is 0 Å². The van der Waals surface area contributed by atoms with Gasteiger partial charge in [0.25, 0.3) is 5.91 Å². The van der Waals surface area contributed by atoms with Gasteiger partial charge >= 0.3 is 0 Å². The van der Waals surface area contributed by atoms with Gasteiger partial charge in [-0.25, -0.2) is 0 Å². The molecule has 1 fully saturated rings. The van der Waals surface area contributed by atoms with E-state index in [0.29, 0.717) is 5.92 Å². The predicted molar refractivity (Wildman–Crippen MR) is 90.6 cm³/mol. The van der Waals surface area contributed by atoms with Crippen molar-refractivity contribution in [2.45, 2.75) is 39.7 Å². The number of piperidine rings is 1. The first-order valence-corrected chi connectivity index (χ1v) is 8.56. The molecule has 1 saturated heterocycles. The van der Waals surface area contributed by atoms with Crippen molar-refractivity contribution in [2.24, 2.45) is 5.92 Å². The molecule has 0 spiro atoms. The molecule has 1 aromatic carbocycles. The Labute approximate surface area is 136 Å². The maximum Gasteiger partial charge on any atom is 0.255 e. The zero-order valence-electron chi connectivity index (χ0n) is 13.2. The van der Waals surface area contributed by atoms with E-state index in [4.69, 9.17) is 0 Å². The number of nitrogens with zero attached hydrogens (tertiary/aromatic N) is 1. The average molecular weight is 353 g/mol. The van der Waals surface area contributed by atoms with Crippen molar-refractivity contribution < 1.29 is 4.79 Å². The molecule has 0 radical (unpaired) electrons. The van der Waals surface area contributed by atoms with Gasteiger partial charge in [0.05, 0.1) is 5.56 Å². The zero-order valence-corrected chi connectivity index (χ0v) is 14.7. The Morgan fingerprint density at radius 1 is 1.48 bits per heavy atom. The molecule has 0 aromatic heterocycles. The quantitative estimate of drug-likeness (QED) is 0.897. The highest BCUT2D eigenvalue weighted by molar-refractivity contribution is 9.10. The Balaban J connectivity index is 2.16. The third kappa shape index (κ3) is 4.30. The molecule has 0 bridgehead atoms. The monoisotopic (exact) mass is 352 g/mol. The lowest BCUT2D eigenvalue weighted by molar-refractivity contribution is 0.0660. The molecule has 21 heavy (non-hydrogen) atoms. The summed E-state index contributed by atoms with van der Waals surface area (Å²) in [5, 5.41) is 3.43. The van der Waals surface area contributed by atoms with Gasteiger partial charge in [-0.1, -0.05) is 11.6 Å². The van der Waals surface area contributed by atoms with Gasteiger partial charge < -0.3 is 10.2 Å². The number of amides is 1. The van der Waals surface area contributed by atoms with Gasteiger partial charge in [0.2, 0.25) is 0 Å². The van der Waals surface area contributed by atoms with E-state index in [0.717, 1.165) is 35.2 Å². The minimum atomic E-state index is 0.131. The number of nitrogens with one attached hydrogen (secondary N) is 1. The van der Waals surface area contributed by atoms with Crippen molar-refractivity contribution in [1.82, 2.24) is 10.2 Å². The van der Waals surface area contributed by atoms with Gasteiger partial charge in [0.15, 0.2) is 0 Å². The Morgan fingerprint density at radius 3 is 2.86 bits per heavy atom. The van der Waals surface area contributed by atoms with Gasteiger partial charge in [0.1, 0.15) is 0 Å². The fraction of sp³-hybridized carbons (Fsp3) is 0.588. The van der Waals surface area contributed by atoms with E-state index in [2.05, 4.69) is 35.1 Å². The number of carbonyl (C=O) groups is 1. The minimum Gasteiger partial charge on any atom is -0.336 e. The summed E-state index contributed by atoms with van der Waals surface area (Å²) in [5.41, 5.74) is 1.89. The SMILES string of the molecule is Cc1ccc(Br)c(C(=O)N(CC2CCCNC2)C(C)C)c1. The number of benzene rings is 1. The van der Waals surface area contributed by atoms with Crippen LogP contribution < -0.4 is 5.32 Å². The van der Waals surface area contributed by atoms with E-state index in [1.165, 1.54) is 12.8 Å². The topological polar surface area (TPSA) is 32.3 Å². The molecule has 116 valence electrons. The van der Waals surface area contributed by atoms with Crippen LogP contribution in [0.4, 0.5) is 0 Å². The molecule has 1 N–H and O–H groups in total. The van der Waals surface area contributed by atoms with E-state index < -0.39 is 0 Å². The molecule has 1 aliphatic heterocycles. The van der Waals surface area contributed by atoms with Crippen molar-refractivity contribution in [3.8, 4) is 0 Å². The highest BCUT2D eigenvalue weighted by Crippen LogP contribution is 2.22. The Kier molecular flexibility index (Phi) is 5.82. The van der Waals surface area contributed by atoms with Crippen LogP contribution in [0.3, 0.4) is 0 Å². The summed E-state index contributed by atoms with van der Waals surface area (Å²) < 4.78 is 0.880. The van der Waals surface area contributed by atoms with Gasteiger partial charge in [-0.15, -0.1) is 0 Å². The predicted octanol–water partition coefficient (Wildman–Crippen LogP) is 3.61. The number of carbonyl (C=O) groups excluding carboxylic acids is 1. The summed E-state index contributed by atoms with van der Waals surface area (Å²) in [4.78, 5) is 14.9. The molecule has 2 rings (SSSR count). The first-order valence-electron chi connectivity index (χ1n) is 7.77. The van der Waals surface area contributed by atoms with E-state index >= 15 is 0 Å². The number of aryl methyl sites for hydroxylation is 1. The average Bonchev–Trinajstić information content (AvgIpc) is 2.47. The zero-order chi connectivity index (χ0) is 15.4. The lowest BCUT2D eigenvalue weighted by Gasteiger charge is -2.33. The maximum atomic E-state index is 12.9. The molecule has 1 aliphatic rings. The summed E-state index contributed by atoms with van der Waals surface area (Å²) in [6, 6.07) is 6.17. The van der Waals surface area contributed by atoms with Crippen LogP contribution >= 0.6 is 15.9 Å². The van der Waals surface area contributed by atoms with Gasteiger partial charge in [-0.3, -0.25) is 4.79 Å². The third-order valence-corrected chi connectivity index (χ3v) is 4.78. The molecule has 1 aromatic rings. The van der Waals surface area contributed by atoms with Crippen LogP contribution in [0, 0.1) is 12.8 Å². The lowest BCUT2D eigenvalue weighted by Crippen LogP contribution is -2.44. The summed E-state index contributed by atoms with van der Waals surface area (Å²) in [6.07, 6.45) is 2.41. The highest BCUT2D eigenvalue weighted by atomic mass is 79.9. The molecule has 3 nitrogen and oxygen atoms in total. The van der Waals surface area contributed by atoms with E-state index in [-0.39, 0.29) is 11.9 Å². The largest absolute Gasteiger partial charge is 0.336 e. The summed E-state index contributed by atoms with van der Waals surface area (Å²) in [6.45, 7) is 9.18. The van der Waals surface area contributed by atoms with Crippen molar-refractivity contribution in [2.75, 3.05) is 19.6 Å². The third-order valence-electron chi connectivity index (χ3n) is 4.09. The van der Waals surface area contributed by atoms with Gasteiger partial charge in [-0.2, -0.15) is 0 Å². The second-order valence-corrected chi connectivity index (χ2v) is 7.10. The molecule has 1 heterocycles. The van der Waals surface area contributed by atoms with Crippen molar-refractivity contribution in [3.63, 3.8) is 0 Å². The van der Waals surface area contributed by atoms with Crippen LogP contribution in [0.1, 0.15) is 42.6 Å². The van der Waals surface area contributed by atoms with E-state index in [1.54, 1.807) is 0 Å². The van der Waals surface area contributed by atoms with Crippen LogP contribution in [0.25, 0.3) is 0 Å². The second-order valence-electron chi connectivity index (χ2n) is 6.25. The number of hydrogen-bond donors (Lipinski definition) is 1. The van der Waals surface area contributed by atoms with Gasteiger partial charge in [0, 0.05) is 17.1 Å². The number of rotatable bonds is 4. The van der Waals surface area contributed by atoms with Crippen LogP contribution in [0.15, 0.2) is 22.7 Å². The molecular weight excluding hydrogens is 328 g/mol. The molecule has 4 heteroatoms. The Hall–Kier alpha value is -0.870. The van der Waals surface area contributed by atoms with E-state index in [9.17, 15) is 4.79 Å². The smallest absolute Gasteiger partial charge is 0.255 e.